The van der Waals surface area contributed by atoms with Gasteiger partial charge in [-0.1, -0.05) is 23.2 Å². The lowest BCUT2D eigenvalue weighted by Gasteiger charge is -2.09. The van der Waals surface area contributed by atoms with Gasteiger partial charge in [-0.25, -0.2) is 4.79 Å². The first-order chi connectivity index (χ1) is 8.99. The first-order valence-corrected chi connectivity index (χ1v) is 5.64. The molecule has 0 spiro atoms. The number of carbonyl (C=O) groups is 2. The number of aromatic nitrogens is 3. The summed E-state index contributed by atoms with van der Waals surface area (Å²) in [5.74, 6) is -1.74. The van der Waals surface area contributed by atoms with E-state index >= 15 is 0 Å². The highest BCUT2D eigenvalue weighted by Crippen LogP contribution is 2.32. The Labute approximate surface area is 116 Å². The van der Waals surface area contributed by atoms with Crippen LogP contribution in [-0.4, -0.2) is 32.4 Å². The van der Waals surface area contributed by atoms with E-state index in [1.54, 1.807) is 0 Å². The second-order valence-corrected chi connectivity index (χ2v) is 4.24. The fraction of sp³-hybridized carbons (Fsp3) is 0. The molecular formula is C10H6Cl2N4O3. The largest absolute Gasteiger partial charge is 0.478 e. The van der Waals surface area contributed by atoms with Gasteiger partial charge < -0.3 is 10.4 Å². The quantitative estimate of drug-likeness (QED) is 0.804. The smallest absolute Gasteiger partial charge is 0.335 e. The Morgan fingerprint density at radius 2 is 1.89 bits per heavy atom. The van der Waals surface area contributed by atoms with Crippen LogP contribution in [0.25, 0.3) is 0 Å². The molecule has 1 aromatic carbocycles. The number of carbonyl (C=O) groups excluding carboxylic acids is 1. The number of amides is 1. The van der Waals surface area contributed by atoms with Gasteiger partial charge in [0.05, 0.1) is 27.5 Å². The van der Waals surface area contributed by atoms with Crippen LogP contribution in [-0.2, 0) is 0 Å². The van der Waals surface area contributed by atoms with Crippen LogP contribution in [0.1, 0.15) is 20.8 Å². The van der Waals surface area contributed by atoms with Crippen molar-refractivity contribution in [2.24, 2.45) is 0 Å². The molecule has 0 radical (unpaired) electrons. The maximum absolute atomic E-state index is 11.7. The van der Waals surface area contributed by atoms with Crippen molar-refractivity contribution in [1.29, 1.82) is 0 Å². The Balaban J connectivity index is 2.31. The van der Waals surface area contributed by atoms with Crippen LogP contribution in [0.3, 0.4) is 0 Å². The topological polar surface area (TPSA) is 108 Å². The Morgan fingerprint density at radius 3 is 2.37 bits per heavy atom. The van der Waals surface area contributed by atoms with Crippen molar-refractivity contribution in [2.45, 2.75) is 0 Å². The van der Waals surface area contributed by atoms with Gasteiger partial charge in [-0.2, -0.15) is 15.4 Å². The fourth-order valence-electron chi connectivity index (χ4n) is 1.30. The molecule has 0 aliphatic heterocycles. The number of nitrogens with zero attached hydrogens (tertiary/aromatic N) is 2. The zero-order chi connectivity index (χ0) is 14.0. The third-order valence-electron chi connectivity index (χ3n) is 2.18. The molecule has 0 aliphatic carbocycles. The van der Waals surface area contributed by atoms with Gasteiger partial charge in [0.15, 0.2) is 5.69 Å². The third kappa shape index (κ3) is 2.83. The summed E-state index contributed by atoms with van der Waals surface area (Å²) in [4.78, 5) is 22.5. The highest BCUT2D eigenvalue weighted by Gasteiger charge is 2.16. The van der Waals surface area contributed by atoms with E-state index in [0.29, 0.717) is 0 Å². The lowest BCUT2D eigenvalue weighted by molar-refractivity contribution is 0.0696. The number of hydrogen-bond donors (Lipinski definition) is 3. The standard InChI is InChI=1S/C10H6Cl2N4O3/c11-5-1-4(10(18)19)2-6(12)8(5)14-9(17)7-3-13-16-15-7/h1-3H,(H,14,17)(H,18,19)(H,13,15,16). The van der Waals surface area contributed by atoms with Crippen molar-refractivity contribution < 1.29 is 14.7 Å². The van der Waals surface area contributed by atoms with Gasteiger partial charge in [-0.05, 0) is 12.1 Å². The predicted molar refractivity (Wildman–Crippen MR) is 67.8 cm³/mol. The van der Waals surface area contributed by atoms with E-state index in [1.165, 1.54) is 18.3 Å². The average Bonchev–Trinajstić information content (AvgIpc) is 2.86. The molecule has 0 saturated carbocycles. The van der Waals surface area contributed by atoms with E-state index in [4.69, 9.17) is 28.3 Å². The maximum atomic E-state index is 11.7. The molecule has 0 atom stereocenters. The number of aromatic amines is 1. The van der Waals surface area contributed by atoms with Gasteiger partial charge in [0, 0.05) is 0 Å². The molecule has 3 N–H and O–H groups in total. The summed E-state index contributed by atoms with van der Waals surface area (Å²) in [6.07, 6.45) is 1.22. The fourth-order valence-corrected chi connectivity index (χ4v) is 1.89. The number of aromatic carboxylic acids is 1. The molecule has 0 saturated heterocycles. The van der Waals surface area contributed by atoms with Crippen molar-refractivity contribution in [3.63, 3.8) is 0 Å². The van der Waals surface area contributed by atoms with E-state index < -0.39 is 11.9 Å². The van der Waals surface area contributed by atoms with E-state index in [-0.39, 0.29) is 27.0 Å². The second kappa shape index (κ2) is 5.25. The van der Waals surface area contributed by atoms with Gasteiger partial charge in [0.1, 0.15) is 0 Å². The highest BCUT2D eigenvalue weighted by molar-refractivity contribution is 6.40. The predicted octanol–water partition coefficient (Wildman–Crippen LogP) is 2.06. The first kappa shape index (κ1) is 13.3. The SMILES string of the molecule is O=C(O)c1cc(Cl)c(NC(=O)c2cn[nH]n2)c(Cl)c1. The van der Waals surface area contributed by atoms with Crippen molar-refractivity contribution in [1.82, 2.24) is 15.4 Å². The Bertz CT molecular complexity index is 619. The minimum Gasteiger partial charge on any atom is -0.478 e. The summed E-state index contributed by atoms with van der Waals surface area (Å²) in [5.41, 5.74) is 0.0882. The van der Waals surface area contributed by atoms with E-state index in [1.807, 2.05) is 0 Å². The molecule has 1 aromatic heterocycles. The van der Waals surface area contributed by atoms with E-state index in [0.717, 1.165) is 0 Å². The van der Waals surface area contributed by atoms with Gasteiger partial charge in [0.25, 0.3) is 5.91 Å². The number of hydrogen-bond acceptors (Lipinski definition) is 4. The van der Waals surface area contributed by atoms with Crippen LogP contribution in [0.4, 0.5) is 5.69 Å². The molecule has 9 heteroatoms. The Hall–Kier alpha value is -2.12. The van der Waals surface area contributed by atoms with Gasteiger partial charge >= 0.3 is 5.97 Å². The molecular weight excluding hydrogens is 295 g/mol. The lowest BCUT2D eigenvalue weighted by atomic mass is 10.2. The summed E-state index contributed by atoms with van der Waals surface area (Å²) >= 11 is 11.8. The molecule has 98 valence electrons. The molecule has 2 aromatic rings. The summed E-state index contributed by atoms with van der Waals surface area (Å²) < 4.78 is 0. The monoisotopic (exact) mass is 300 g/mol. The van der Waals surface area contributed by atoms with E-state index in [2.05, 4.69) is 20.7 Å². The zero-order valence-electron chi connectivity index (χ0n) is 9.15. The van der Waals surface area contributed by atoms with Crippen LogP contribution in [0.5, 0.6) is 0 Å². The average molecular weight is 301 g/mol. The van der Waals surface area contributed by atoms with Crippen LogP contribution in [0, 0.1) is 0 Å². The molecule has 7 nitrogen and oxygen atoms in total. The number of nitrogens with one attached hydrogen (secondary N) is 2. The van der Waals surface area contributed by atoms with Gasteiger partial charge in [-0.15, -0.1) is 0 Å². The van der Waals surface area contributed by atoms with Crippen molar-refractivity contribution in [2.75, 3.05) is 5.32 Å². The number of H-pyrrole nitrogens is 1. The third-order valence-corrected chi connectivity index (χ3v) is 2.77. The summed E-state index contributed by atoms with van der Waals surface area (Å²) in [5, 5.41) is 20.7. The first-order valence-electron chi connectivity index (χ1n) is 4.88. The lowest BCUT2D eigenvalue weighted by Crippen LogP contribution is -2.13. The molecule has 0 aliphatic rings. The van der Waals surface area contributed by atoms with Crippen LogP contribution in [0.15, 0.2) is 18.3 Å². The summed E-state index contributed by atoms with van der Waals surface area (Å²) in [6.45, 7) is 0. The molecule has 19 heavy (non-hydrogen) atoms. The summed E-state index contributed by atoms with van der Waals surface area (Å²) in [6, 6.07) is 2.38. The highest BCUT2D eigenvalue weighted by atomic mass is 35.5. The minimum absolute atomic E-state index is 0.0155. The Kier molecular flexibility index (Phi) is 3.68. The maximum Gasteiger partial charge on any atom is 0.335 e. The summed E-state index contributed by atoms with van der Waals surface area (Å²) in [7, 11) is 0. The number of carboxylic acid groups (broad SMARTS) is 1. The molecule has 0 unspecified atom stereocenters. The number of benzene rings is 1. The minimum atomic E-state index is -1.17. The van der Waals surface area contributed by atoms with Crippen LogP contribution >= 0.6 is 23.2 Å². The van der Waals surface area contributed by atoms with Gasteiger partial charge in [-0.3, -0.25) is 4.79 Å². The molecule has 0 fully saturated rings. The van der Waals surface area contributed by atoms with Crippen LogP contribution in [0.2, 0.25) is 10.0 Å². The van der Waals surface area contributed by atoms with Crippen molar-refractivity contribution in [3.05, 3.63) is 39.6 Å². The molecule has 1 amide bonds. The molecule has 0 bridgehead atoms. The Morgan fingerprint density at radius 1 is 1.26 bits per heavy atom. The molecule has 2 rings (SSSR count). The number of carboxylic acids is 1. The number of halogens is 2. The second-order valence-electron chi connectivity index (χ2n) is 3.43. The number of anilines is 1. The number of rotatable bonds is 3. The normalized spacial score (nSPS) is 10.2. The van der Waals surface area contributed by atoms with Gasteiger partial charge in [0.2, 0.25) is 0 Å². The van der Waals surface area contributed by atoms with Crippen LogP contribution < -0.4 is 5.32 Å². The molecule has 1 heterocycles. The zero-order valence-corrected chi connectivity index (χ0v) is 10.7. The van der Waals surface area contributed by atoms with Crippen molar-refractivity contribution >= 4 is 40.8 Å². The van der Waals surface area contributed by atoms with Crippen molar-refractivity contribution in [3.8, 4) is 0 Å². The van der Waals surface area contributed by atoms with E-state index in [9.17, 15) is 9.59 Å².